The van der Waals surface area contributed by atoms with Gasteiger partial charge in [0.25, 0.3) is 46.7 Å². The van der Waals surface area contributed by atoms with Crippen LogP contribution in [0.4, 0.5) is 0 Å². The molecule has 16 rings (SSSR count). The number of hydrogen-bond donors (Lipinski definition) is 0. The normalized spacial score (nSPS) is 18.0. The zero-order chi connectivity index (χ0) is 48.4. The van der Waals surface area contributed by atoms with Crippen LogP contribution in [0.2, 0.25) is 0 Å². The predicted octanol–water partition coefficient (Wildman–Crippen LogP) is 10.9. The number of benzene rings is 8. The van der Waals surface area contributed by atoms with Gasteiger partial charge in [0.2, 0.25) is 0 Å². The van der Waals surface area contributed by atoms with Gasteiger partial charge in [-0.2, -0.15) is 0 Å². The van der Waals surface area contributed by atoms with Gasteiger partial charge >= 0.3 is 5.91 Å². The van der Waals surface area contributed by atoms with Gasteiger partial charge in [-0.15, -0.1) is 18.3 Å². The van der Waals surface area contributed by atoms with Gasteiger partial charge in [0.05, 0.1) is 44.5 Å². The van der Waals surface area contributed by atoms with Crippen molar-refractivity contribution in [1.29, 1.82) is 0 Å². The van der Waals surface area contributed by atoms with Gasteiger partial charge in [0.1, 0.15) is 46.0 Å². The monoisotopic (exact) mass is 948 g/mol. The topological polar surface area (TPSA) is 98.4 Å². The molecule has 0 aromatic heterocycles. The van der Waals surface area contributed by atoms with Crippen LogP contribution in [0, 0.1) is 27.7 Å². The van der Waals surface area contributed by atoms with Gasteiger partial charge in [0, 0.05) is 0 Å². The number of nitrogens with zero attached hydrogens (tertiary/aromatic N) is 8. The van der Waals surface area contributed by atoms with Crippen molar-refractivity contribution in [3.63, 3.8) is 0 Å². The number of aliphatic imine (C=N–C) groups is 4. The lowest BCUT2D eigenvalue weighted by Crippen LogP contribution is -2.76. The zero-order valence-corrected chi connectivity index (χ0v) is 39.9. The first-order valence-corrected chi connectivity index (χ1v) is 24.3. The Bertz CT molecular complexity index is 4260. The molecule has 1 spiro atoms. The Hall–Kier alpha value is -9.68. The molecule has 8 aliphatic heterocycles. The summed E-state index contributed by atoms with van der Waals surface area (Å²) >= 11 is 0. The van der Waals surface area contributed by atoms with Crippen molar-refractivity contribution in [1.82, 2.24) is 0 Å². The number of hydrogen-bond acceptors (Lipinski definition) is 8. The molecule has 73 heavy (non-hydrogen) atoms. The largest absolute Gasteiger partial charge is 0.491 e. The first-order valence-electron chi connectivity index (χ1n) is 24.3. The predicted molar refractivity (Wildman–Crippen MR) is 277 cm³/mol. The highest BCUT2D eigenvalue weighted by Gasteiger charge is 2.78. The van der Waals surface area contributed by atoms with Crippen molar-refractivity contribution < 1.29 is 37.2 Å². The summed E-state index contributed by atoms with van der Waals surface area (Å²) in [6.45, 7) is 8.26. The Morgan fingerprint density at radius 3 is 0.849 bits per heavy atom. The van der Waals surface area contributed by atoms with Crippen LogP contribution in [0.15, 0.2) is 190 Å². The van der Waals surface area contributed by atoms with Crippen molar-refractivity contribution in [2.75, 3.05) is 0 Å². The van der Waals surface area contributed by atoms with Gasteiger partial charge in [-0.25, -0.2) is 0 Å². The van der Waals surface area contributed by atoms with E-state index in [0.717, 1.165) is 125 Å². The summed E-state index contributed by atoms with van der Waals surface area (Å²) in [6.07, 6.45) is 0. The van der Waals surface area contributed by atoms with E-state index in [1.807, 2.05) is 97.1 Å². The second kappa shape index (κ2) is 14.2. The number of ether oxygens (including phenoxy) is 4. The van der Waals surface area contributed by atoms with Crippen LogP contribution in [-0.4, -0.2) is 70.9 Å². The average molecular weight is 949 g/mol. The summed E-state index contributed by atoms with van der Waals surface area (Å²) in [6, 6.07) is 57.3. The van der Waals surface area contributed by atoms with E-state index >= 15 is 0 Å². The van der Waals surface area contributed by atoms with E-state index in [0.29, 0.717) is 34.7 Å². The van der Waals surface area contributed by atoms with E-state index in [9.17, 15) is 0 Å². The van der Waals surface area contributed by atoms with Crippen molar-refractivity contribution in [3.05, 3.63) is 237 Å². The molecule has 12 nitrogen and oxygen atoms in total. The fourth-order valence-corrected chi connectivity index (χ4v) is 11.5. The minimum atomic E-state index is -1.27. The Morgan fingerprint density at radius 2 is 0.534 bits per heavy atom. The molecule has 0 aliphatic carbocycles. The lowest BCUT2D eigenvalue weighted by Gasteiger charge is -2.38. The van der Waals surface area contributed by atoms with Crippen molar-refractivity contribution >= 4 is 46.7 Å². The average Bonchev–Trinajstić information content (AvgIpc) is 4.31. The van der Waals surface area contributed by atoms with Crippen LogP contribution in [0.3, 0.4) is 0 Å². The molecule has 0 bridgehead atoms. The standard InChI is InChI=1S/C61H40N8O4/c1-33-9-5-13-37(25-33)70-41-17-21-45-49(29-41)57-63-55-47-23-19-42(71-38-14-6-10-34(2)26-38)30-50(47)58-64-56-48-24-20-44(73-40-16-8-12-36(4)28-40)32-52(48)60-65-59-51-31-43(72-39-15-7-11-35(3)27-39)18-22-46(51)54-62-53(45)66(57)61(67(54)59,68(55)58)69(56)60/h5-32H,1-4H3/q+4. The number of rotatable bonds is 8. The molecule has 8 aromatic rings. The van der Waals surface area contributed by atoms with Gasteiger partial charge in [-0.05, 0) is 171 Å². The number of fused-ring (bicyclic) bond motifs is 12. The highest BCUT2D eigenvalue weighted by Crippen LogP contribution is 2.49. The summed E-state index contributed by atoms with van der Waals surface area (Å²) in [5.41, 5.74) is 11.7. The van der Waals surface area contributed by atoms with E-state index in [1.54, 1.807) is 0 Å². The fourth-order valence-electron chi connectivity index (χ4n) is 11.5. The third kappa shape index (κ3) is 5.54. The van der Waals surface area contributed by atoms with E-state index < -0.39 is 5.91 Å². The van der Waals surface area contributed by atoms with Gasteiger partial charge in [0.15, 0.2) is 0 Å². The smallest absolute Gasteiger partial charge is 0.457 e. The fraction of sp³-hybridized carbons (Fsp3) is 0.0820. The Balaban J connectivity index is 0.973. The van der Waals surface area contributed by atoms with Crippen molar-refractivity contribution in [2.24, 2.45) is 20.0 Å². The second-order valence-corrected chi connectivity index (χ2v) is 19.5. The second-order valence-electron chi connectivity index (χ2n) is 19.5. The lowest BCUT2D eigenvalue weighted by atomic mass is 10.1. The molecule has 0 radical (unpaired) electrons. The zero-order valence-electron chi connectivity index (χ0n) is 39.9. The van der Waals surface area contributed by atoms with Crippen LogP contribution in [0.25, 0.3) is 0 Å². The van der Waals surface area contributed by atoms with Gasteiger partial charge in [-0.3, -0.25) is 0 Å². The van der Waals surface area contributed by atoms with E-state index in [2.05, 4.69) is 119 Å². The molecule has 8 aromatic carbocycles. The minimum absolute atomic E-state index is 0.681. The molecule has 1 atom stereocenters. The van der Waals surface area contributed by atoms with Crippen LogP contribution in [-0.2, 0) is 0 Å². The summed E-state index contributed by atoms with van der Waals surface area (Å²) in [5, 5.41) is 0. The molecule has 0 saturated heterocycles. The molecule has 8 aliphatic rings. The van der Waals surface area contributed by atoms with Crippen LogP contribution < -0.4 is 18.9 Å². The Kier molecular flexibility index (Phi) is 7.82. The third-order valence-corrected chi connectivity index (χ3v) is 14.5. The maximum Gasteiger partial charge on any atom is 0.491 e. The number of amidine groups is 8. The van der Waals surface area contributed by atoms with Crippen molar-refractivity contribution in [3.8, 4) is 46.0 Å². The molecule has 344 valence electrons. The molecular weight excluding hydrogens is 909 g/mol. The molecule has 0 fully saturated rings. The summed E-state index contributed by atoms with van der Waals surface area (Å²) in [4.78, 5) is 22.8. The van der Waals surface area contributed by atoms with Gasteiger partial charge < -0.3 is 18.9 Å². The molecule has 0 saturated carbocycles. The third-order valence-electron chi connectivity index (χ3n) is 14.5. The maximum atomic E-state index is 6.62. The number of aryl methyl sites for hydroxylation is 4. The van der Waals surface area contributed by atoms with Gasteiger partial charge in [-0.1, -0.05) is 68.5 Å². The molecule has 8 heterocycles. The first kappa shape index (κ1) is 40.1. The highest BCUT2D eigenvalue weighted by molar-refractivity contribution is 6.30. The summed E-state index contributed by atoms with van der Waals surface area (Å²) in [5.74, 6) is 10.3. The van der Waals surface area contributed by atoms with E-state index in [4.69, 9.17) is 38.9 Å². The summed E-state index contributed by atoms with van der Waals surface area (Å²) in [7, 11) is 0. The van der Waals surface area contributed by atoms with Crippen LogP contribution >= 0.6 is 0 Å². The van der Waals surface area contributed by atoms with E-state index in [1.165, 1.54) is 0 Å². The lowest BCUT2D eigenvalue weighted by molar-refractivity contribution is -1.06. The quantitative estimate of drug-likeness (QED) is 0.142. The van der Waals surface area contributed by atoms with Crippen LogP contribution in [0.5, 0.6) is 46.0 Å². The van der Waals surface area contributed by atoms with E-state index in [-0.39, 0.29) is 0 Å². The Morgan fingerprint density at radius 1 is 0.274 bits per heavy atom. The minimum Gasteiger partial charge on any atom is -0.457 e. The molecule has 12 heteroatoms. The molecule has 0 amide bonds. The molecular formula is C61H40N8O4+4. The van der Waals surface area contributed by atoms with Crippen LogP contribution in [0.1, 0.15) is 66.8 Å². The maximum absolute atomic E-state index is 6.62. The summed E-state index contributed by atoms with van der Waals surface area (Å²) < 4.78 is 35.6. The highest BCUT2D eigenvalue weighted by atomic mass is 16.5. The first-order chi connectivity index (χ1) is 35.7. The Labute approximate surface area is 418 Å². The molecule has 1 unspecified atom stereocenters. The molecule has 0 N–H and O–H groups in total. The van der Waals surface area contributed by atoms with Crippen molar-refractivity contribution in [2.45, 2.75) is 33.6 Å². The SMILES string of the molecule is Cc1cccc(Oc2ccc3c(c2)C2=NC4=[N+]5C(=NC6=[N+]7C(=NC8=[N+]9C(=NC3=[N+]2C597)c2ccc(Oc3cccc(C)c3)cc28)c2ccc(Oc3cccc(C)c3)cc26)c2ccc(Oc3cccc(C)c3)cc24)c1.